The van der Waals surface area contributed by atoms with Gasteiger partial charge in [-0.2, -0.15) is 13.2 Å². The lowest BCUT2D eigenvalue weighted by molar-refractivity contribution is -0.167. The number of unbranched alkanes of at least 4 members (excludes halogenated alkanes) is 1. The first-order valence-corrected chi connectivity index (χ1v) is 42.3. The van der Waals surface area contributed by atoms with Gasteiger partial charge in [-0.15, -0.1) is 23.1 Å². The number of β-amino-alcohol motifs (C(OH)–C–C–N with tert-alkyl or cyclic N) is 1. The van der Waals surface area contributed by atoms with E-state index in [9.17, 15) is 54.3 Å². The summed E-state index contributed by atoms with van der Waals surface area (Å²) in [5.74, 6) is -1.45. The molecule has 14 rings (SSSR count). The highest BCUT2D eigenvalue weighted by Gasteiger charge is 2.67. The van der Waals surface area contributed by atoms with Crippen molar-refractivity contribution in [3.8, 4) is 16.2 Å². The molecule has 3 saturated carbocycles. The van der Waals surface area contributed by atoms with Gasteiger partial charge in [0, 0.05) is 131 Å². The average Bonchev–Trinajstić information content (AvgIpc) is 0.977. The number of sulfone groups is 1. The van der Waals surface area contributed by atoms with Crippen molar-refractivity contribution in [2.45, 2.75) is 163 Å². The number of hydrogen-bond donors (Lipinski definition) is 4. The fourth-order valence-electron chi connectivity index (χ4n) is 17.3. The van der Waals surface area contributed by atoms with Crippen LogP contribution in [-0.2, 0) is 42.5 Å². The summed E-state index contributed by atoms with van der Waals surface area (Å²) in [6.07, 6.45) is 8.53. The number of sulfonamides is 1. The summed E-state index contributed by atoms with van der Waals surface area (Å²) in [4.78, 5) is 72.4. The van der Waals surface area contributed by atoms with E-state index in [-0.39, 0.29) is 49.4 Å². The SMILES string of the molecule is Cc1ncsc1-c1ccc(CNC(=O)[C@@H]2C[C@@H](O)CN2C(=O)[C@H](C(C)C)N2Cc3ccccc3C2=O)c(OCCCCN2CCN(CC[C@H](CSc3ccccc3)Nc3ccc(S(=O)(=O)NC(=O)c4ccc(N5CCN(CC6=C(C78CC(C)(C7)C8)CC(C)(C)CC6)CC5)cc4)cc3S(=O)(=O)C(F)(F)F)CC2)c1. The molecule has 574 valence electrons. The van der Waals surface area contributed by atoms with Gasteiger partial charge in [0.15, 0.2) is 0 Å². The number of carbonyl (C=O) groups excluding carboxylic acids is 4. The molecule has 5 heterocycles. The van der Waals surface area contributed by atoms with Crippen molar-refractivity contribution < 1.29 is 59.0 Å². The Morgan fingerprint density at radius 3 is 2.19 bits per heavy atom. The van der Waals surface area contributed by atoms with Gasteiger partial charge in [0.1, 0.15) is 22.7 Å². The van der Waals surface area contributed by atoms with Gasteiger partial charge in [0.05, 0.1) is 39.4 Å². The Kier molecular flexibility index (Phi) is 23.2. The number of fused-ring (bicyclic) bond motifs is 1. The van der Waals surface area contributed by atoms with Crippen LogP contribution in [0.15, 0.2) is 147 Å². The zero-order valence-corrected chi connectivity index (χ0v) is 65.1. The molecule has 0 spiro atoms. The number of thiazole rings is 1. The molecule has 6 aromatic rings. The number of rotatable bonds is 29. The van der Waals surface area contributed by atoms with Crippen molar-refractivity contribution in [2.24, 2.45) is 22.2 Å². The van der Waals surface area contributed by atoms with E-state index in [2.05, 4.69) is 56.0 Å². The van der Waals surface area contributed by atoms with Crippen molar-refractivity contribution in [3.05, 3.63) is 160 Å². The van der Waals surface area contributed by atoms with E-state index < -0.39 is 76.9 Å². The number of hydrogen-bond acceptors (Lipinski definition) is 18. The normalized spacial score (nSPS) is 22.6. The number of alkyl halides is 3. The van der Waals surface area contributed by atoms with Crippen LogP contribution in [0.3, 0.4) is 0 Å². The molecule has 3 saturated heterocycles. The highest BCUT2D eigenvalue weighted by molar-refractivity contribution is 7.99. The number of piperazine rings is 2. The quantitative estimate of drug-likeness (QED) is 0.0194. The van der Waals surface area contributed by atoms with Crippen LogP contribution < -0.4 is 25.0 Å². The van der Waals surface area contributed by atoms with Crippen LogP contribution in [0.2, 0.25) is 0 Å². The zero-order valence-electron chi connectivity index (χ0n) is 61.8. The van der Waals surface area contributed by atoms with Crippen LogP contribution in [0.4, 0.5) is 24.5 Å². The molecule has 4 amide bonds. The number of aromatic nitrogens is 1. The Hall–Kier alpha value is -7.37. The first kappa shape index (κ1) is 77.8. The molecule has 27 heteroatoms. The summed E-state index contributed by atoms with van der Waals surface area (Å²) in [6.45, 7) is 22.0. The maximum Gasteiger partial charge on any atom is 0.501 e. The largest absolute Gasteiger partial charge is 0.501 e. The number of allylic oxidation sites excluding steroid dienone is 1. The number of aliphatic hydroxyl groups excluding tert-OH is 1. The average molecular weight is 1550 g/mol. The molecule has 5 aromatic carbocycles. The molecule has 4 aliphatic carbocycles. The second-order valence-electron chi connectivity index (χ2n) is 31.9. The summed E-state index contributed by atoms with van der Waals surface area (Å²) < 4.78 is 107. The zero-order chi connectivity index (χ0) is 75.8. The van der Waals surface area contributed by atoms with Crippen LogP contribution in [0.5, 0.6) is 5.75 Å². The van der Waals surface area contributed by atoms with Crippen LogP contribution in [-0.4, -0.2) is 196 Å². The maximum absolute atomic E-state index is 14.7. The molecule has 107 heavy (non-hydrogen) atoms. The molecule has 1 aromatic heterocycles. The number of nitrogens with one attached hydrogen (secondary N) is 3. The lowest BCUT2D eigenvalue weighted by Gasteiger charge is -2.72. The van der Waals surface area contributed by atoms with E-state index >= 15 is 0 Å². The van der Waals surface area contributed by atoms with Gasteiger partial charge in [0.2, 0.25) is 11.8 Å². The monoisotopic (exact) mass is 1540 g/mol. The molecule has 6 fully saturated rings. The minimum Gasteiger partial charge on any atom is -0.493 e. The van der Waals surface area contributed by atoms with E-state index in [0.717, 1.165) is 115 Å². The smallest absolute Gasteiger partial charge is 0.493 e. The second-order valence-corrected chi connectivity index (χ2v) is 37.4. The molecular weight excluding hydrogens is 1450 g/mol. The molecule has 8 aliphatic rings. The molecule has 4 atom stereocenters. The minimum absolute atomic E-state index is 0.00364. The number of likely N-dealkylation sites (tertiary alicyclic amines) is 1. The molecule has 20 nitrogen and oxygen atoms in total. The predicted octanol–water partition coefficient (Wildman–Crippen LogP) is 12.0. The van der Waals surface area contributed by atoms with Crippen molar-refractivity contribution in [1.82, 2.24) is 39.5 Å². The number of amides is 4. The van der Waals surface area contributed by atoms with E-state index in [0.29, 0.717) is 78.5 Å². The number of thioether (sulfide) groups is 1. The number of aryl methyl sites for hydroxylation is 1. The first-order valence-electron chi connectivity index (χ1n) is 37.5. The lowest BCUT2D eigenvalue weighted by atomic mass is 9.33. The van der Waals surface area contributed by atoms with Crippen molar-refractivity contribution in [3.63, 3.8) is 0 Å². The predicted molar refractivity (Wildman–Crippen MR) is 410 cm³/mol. The first-order chi connectivity index (χ1) is 50.9. The summed E-state index contributed by atoms with van der Waals surface area (Å²) >= 11 is 2.95. The standard InChI is InChI=1S/C80H99F3N10O10S4/c1-53(2)71(93-46-58-14-10-11-17-65(58)75(93)97)76(98)92-47-62(94)41-68(92)74(96)84-44-57-19-18-56(72-54(3)85-52-105-72)40-69(57)103-39-13-12-29-88-31-33-89(34-32-88)30-27-60(48-104-63-15-8-7-9-16-63)86-67-25-24-64(42-70(67)106(99,100)80(81,82)83)107(101,102)87-73(95)55-20-22-61(23-21-55)91-37-35-90(36-38-91)45-59-26-28-77(4,5)43-66(59)79-49-78(6,50-79)51-79/h7-11,14-25,40,42,52-53,60,62,68,71,86,94H,12-13,26-39,41,43-51H2,1-6H3,(H,84,96)(H,87,95)/t60-,62-,68+,71+,78?,79?/m1/s1. The molecular formula is C80H99F3N10O10S4. The van der Waals surface area contributed by atoms with Gasteiger partial charge >= 0.3 is 5.51 Å². The van der Waals surface area contributed by atoms with Gasteiger partial charge in [0.25, 0.3) is 31.7 Å². The molecule has 0 radical (unpaired) electrons. The van der Waals surface area contributed by atoms with Gasteiger partial charge in [-0.3, -0.25) is 24.1 Å². The third kappa shape index (κ3) is 17.5. The summed E-state index contributed by atoms with van der Waals surface area (Å²) in [5.41, 5.74) is 4.97. The fraction of sp³-hybridized carbons (Fsp3) is 0.512. The topological polar surface area (TPSA) is 234 Å². The van der Waals surface area contributed by atoms with Gasteiger partial charge in [-0.25, -0.2) is 26.5 Å². The summed E-state index contributed by atoms with van der Waals surface area (Å²) in [6, 6.07) is 29.1. The molecule has 0 unspecified atom stereocenters. The number of carbonyl (C=O) groups is 4. The Labute approximate surface area is 635 Å². The number of halogens is 3. The minimum atomic E-state index is -6.15. The van der Waals surface area contributed by atoms with Crippen LogP contribution in [0, 0.1) is 29.1 Å². The summed E-state index contributed by atoms with van der Waals surface area (Å²) in [7, 11) is -11.1. The highest BCUT2D eigenvalue weighted by atomic mass is 32.2. The van der Waals surface area contributed by atoms with Gasteiger partial charge in [-0.05, 0) is 171 Å². The Balaban J connectivity index is 0.597. The highest BCUT2D eigenvalue weighted by Crippen LogP contribution is 2.77. The number of nitrogens with zero attached hydrogens (tertiary/aromatic N) is 7. The van der Waals surface area contributed by atoms with Gasteiger partial charge in [-0.1, -0.05) is 94.3 Å². The van der Waals surface area contributed by atoms with Crippen LogP contribution in [0.1, 0.15) is 136 Å². The van der Waals surface area contributed by atoms with Crippen molar-refractivity contribution in [1.29, 1.82) is 0 Å². The van der Waals surface area contributed by atoms with E-state index in [1.54, 1.807) is 45.8 Å². The number of ether oxygens (including phenoxy) is 1. The van der Waals surface area contributed by atoms with E-state index in [1.807, 2.05) is 86.2 Å². The van der Waals surface area contributed by atoms with Crippen molar-refractivity contribution in [2.75, 3.05) is 101 Å². The van der Waals surface area contributed by atoms with Gasteiger partial charge < -0.3 is 45.0 Å². The van der Waals surface area contributed by atoms with Crippen molar-refractivity contribution >= 4 is 78.0 Å². The Morgan fingerprint density at radius 2 is 1.51 bits per heavy atom. The maximum atomic E-state index is 14.7. The second kappa shape index (κ2) is 31.9. The summed E-state index contributed by atoms with van der Waals surface area (Å²) in [5, 5.41) is 17.0. The molecule has 4 N–H and O–H groups in total. The lowest BCUT2D eigenvalue weighted by Crippen LogP contribution is -2.61. The van der Waals surface area contributed by atoms with E-state index in [4.69, 9.17) is 4.74 Å². The number of anilines is 2. The third-order valence-corrected chi connectivity index (χ3v) is 27.9. The Bertz CT molecular complexity index is 4500. The number of aliphatic hydroxyl groups is 1. The molecule has 2 bridgehead atoms. The third-order valence-electron chi connectivity index (χ3n) is 22.9. The molecule has 4 aliphatic heterocycles. The van der Waals surface area contributed by atoms with Crippen LogP contribution >= 0.6 is 23.1 Å². The fourth-order valence-corrected chi connectivity index (χ4v) is 21.1. The Morgan fingerprint density at radius 1 is 0.822 bits per heavy atom. The van der Waals surface area contributed by atoms with E-state index in [1.165, 1.54) is 72.2 Å². The van der Waals surface area contributed by atoms with Crippen LogP contribution in [0.25, 0.3) is 10.4 Å². The number of benzene rings is 5.